The highest BCUT2D eigenvalue weighted by Gasteiger charge is 2.76. The molecule has 6 atom stereocenters. The zero-order valence-electron chi connectivity index (χ0n) is 20.9. The summed E-state index contributed by atoms with van der Waals surface area (Å²) in [5.41, 5.74) is 5.68. The van der Waals surface area contributed by atoms with Crippen molar-refractivity contribution in [2.45, 2.75) is 103 Å². The molecule has 0 saturated carbocycles. The van der Waals surface area contributed by atoms with Gasteiger partial charge in [-0.05, 0) is 84.6 Å². The van der Waals surface area contributed by atoms with Crippen molar-refractivity contribution in [3.63, 3.8) is 0 Å². The largest absolute Gasteiger partial charge is 0.461 e. The van der Waals surface area contributed by atoms with Crippen LogP contribution < -0.4 is 0 Å². The molecule has 3 nitrogen and oxygen atoms in total. The number of carbonyl (C=O) groups excluding carboxylic acids is 1. The first-order valence-electron chi connectivity index (χ1n) is 13.0. The maximum Gasteiger partial charge on any atom is 0.315 e. The molecule has 3 heteroatoms. The molecule has 0 N–H and O–H groups in total. The summed E-state index contributed by atoms with van der Waals surface area (Å²) >= 11 is 0. The second-order valence-electron chi connectivity index (χ2n) is 11.5. The van der Waals surface area contributed by atoms with Gasteiger partial charge in [0.25, 0.3) is 0 Å². The highest BCUT2D eigenvalue weighted by Crippen LogP contribution is 2.67. The van der Waals surface area contributed by atoms with Crippen LogP contribution in [-0.4, -0.2) is 23.8 Å². The molecule has 0 aromatic rings. The predicted molar refractivity (Wildman–Crippen MR) is 133 cm³/mol. The molecule has 5 aliphatic rings. The van der Waals surface area contributed by atoms with Crippen molar-refractivity contribution in [1.82, 2.24) is 0 Å². The van der Waals surface area contributed by atoms with Crippen LogP contribution in [0.2, 0.25) is 0 Å². The molecule has 5 rings (SSSR count). The Balaban J connectivity index is 1.65. The summed E-state index contributed by atoms with van der Waals surface area (Å²) in [6, 6.07) is 0. The van der Waals surface area contributed by atoms with E-state index in [2.05, 4.69) is 58.6 Å². The Hall–Kier alpha value is -1.87. The first-order chi connectivity index (χ1) is 15.8. The van der Waals surface area contributed by atoms with E-state index in [9.17, 15) is 4.79 Å². The zero-order valence-corrected chi connectivity index (χ0v) is 20.9. The van der Waals surface area contributed by atoms with E-state index in [1.54, 1.807) is 0 Å². The van der Waals surface area contributed by atoms with Gasteiger partial charge in [0.15, 0.2) is 0 Å². The average Bonchev–Trinajstić information content (AvgIpc) is 3.33. The Bertz CT molecular complexity index is 979. The minimum atomic E-state index is -0.570. The van der Waals surface area contributed by atoms with Crippen LogP contribution in [0, 0.1) is 17.3 Å². The fraction of sp³-hybridized carbons (Fsp3) is 0.633. The van der Waals surface area contributed by atoms with E-state index in [4.69, 9.17) is 9.47 Å². The molecule has 3 aliphatic heterocycles. The van der Waals surface area contributed by atoms with Crippen molar-refractivity contribution in [2.75, 3.05) is 0 Å². The number of fused-ring (bicyclic) bond motifs is 2. The van der Waals surface area contributed by atoms with Gasteiger partial charge in [0.05, 0.1) is 11.7 Å². The molecule has 1 spiro atoms. The number of esters is 1. The topological polar surface area (TPSA) is 35.5 Å². The van der Waals surface area contributed by atoms with Crippen molar-refractivity contribution in [3.05, 3.63) is 58.7 Å². The predicted octanol–water partition coefficient (Wildman–Crippen LogP) is 7.16. The summed E-state index contributed by atoms with van der Waals surface area (Å²) < 4.78 is 13.4. The van der Waals surface area contributed by atoms with Crippen molar-refractivity contribution < 1.29 is 14.3 Å². The van der Waals surface area contributed by atoms with E-state index in [1.165, 1.54) is 22.3 Å². The Morgan fingerprint density at radius 2 is 1.70 bits per heavy atom. The van der Waals surface area contributed by atoms with E-state index < -0.39 is 11.0 Å². The lowest BCUT2D eigenvalue weighted by atomic mass is 9.56. The zero-order chi connectivity index (χ0) is 23.4. The van der Waals surface area contributed by atoms with Crippen LogP contribution in [0.1, 0.15) is 85.5 Å². The molecular weight excluding hydrogens is 408 g/mol. The smallest absolute Gasteiger partial charge is 0.315 e. The summed E-state index contributed by atoms with van der Waals surface area (Å²) in [6.07, 6.45) is 18.0. The summed E-state index contributed by atoms with van der Waals surface area (Å²) in [5.74, 6) is 0.214. The maximum absolute atomic E-state index is 13.9. The normalized spacial score (nSPS) is 45.6. The lowest BCUT2D eigenvalue weighted by molar-refractivity contribution is -0.155. The Kier molecular flexibility index (Phi) is 5.84. The fourth-order valence-corrected chi connectivity index (χ4v) is 7.51. The molecule has 3 heterocycles. The van der Waals surface area contributed by atoms with Gasteiger partial charge in [-0.15, -0.1) is 0 Å². The molecule has 2 fully saturated rings. The molecular formula is C30H40O3. The Morgan fingerprint density at radius 1 is 1.00 bits per heavy atom. The average molecular weight is 449 g/mol. The maximum atomic E-state index is 13.9. The molecule has 0 aromatic carbocycles. The quantitative estimate of drug-likeness (QED) is 0.315. The van der Waals surface area contributed by atoms with Gasteiger partial charge in [-0.2, -0.15) is 0 Å². The number of hydrogen-bond acceptors (Lipinski definition) is 3. The third-order valence-electron chi connectivity index (χ3n) is 9.05. The number of allylic oxidation sites excluding steroid dienone is 5. The lowest BCUT2D eigenvalue weighted by Gasteiger charge is -2.41. The van der Waals surface area contributed by atoms with E-state index >= 15 is 0 Å². The van der Waals surface area contributed by atoms with E-state index in [0.29, 0.717) is 0 Å². The third-order valence-corrected chi connectivity index (χ3v) is 9.05. The van der Waals surface area contributed by atoms with Crippen LogP contribution in [0.25, 0.3) is 0 Å². The summed E-state index contributed by atoms with van der Waals surface area (Å²) in [5, 5.41) is 0. The summed E-state index contributed by atoms with van der Waals surface area (Å²) in [4.78, 5) is 13.9. The molecule has 2 aliphatic carbocycles. The number of carbonyl (C=O) groups is 1. The van der Waals surface area contributed by atoms with Crippen LogP contribution in [-0.2, 0) is 14.3 Å². The fourth-order valence-electron chi connectivity index (χ4n) is 7.51. The van der Waals surface area contributed by atoms with Crippen LogP contribution in [0.4, 0.5) is 0 Å². The highest BCUT2D eigenvalue weighted by atomic mass is 16.6. The van der Waals surface area contributed by atoms with Crippen molar-refractivity contribution in [1.29, 1.82) is 0 Å². The molecule has 0 amide bonds. The lowest BCUT2D eigenvalue weighted by Crippen LogP contribution is -2.49. The van der Waals surface area contributed by atoms with Gasteiger partial charge in [0.1, 0.15) is 11.5 Å². The SMILES string of the molecule is C=C(C)[C@@H]1CC/C(C)=C/CC[C@]23C(=O)O[C@H]1[C@H]2[C@@]12C=C(CC/C=C(/C)CC/C=C(/C)C1)[C@H]3O2. The Morgan fingerprint density at radius 3 is 2.48 bits per heavy atom. The van der Waals surface area contributed by atoms with Gasteiger partial charge < -0.3 is 9.47 Å². The minimum absolute atomic E-state index is 0.0189. The monoisotopic (exact) mass is 448 g/mol. The van der Waals surface area contributed by atoms with Gasteiger partial charge in [-0.3, -0.25) is 4.79 Å². The minimum Gasteiger partial charge on any atom is -0.461 e. The molecule has 2 saturated heterocycles. The highest BCUT2D eigenvalue weighted by molar-refractivity contribution is 5.83. The van der Waals surface area contributed by atoms with E-state index in [0.717, 1.165) is 63.4 Å². The Labute approximate surface area is 199 Å². The first-order valence-corrected chi connectivity index (χ1v) is 13.0. The van der Waals surface area contributed by atoms with Crippen molar-refractivity contribution in [3.8, 4) is 0 Å². The molecule has 0 radical (unpaired) electrons. The standard InChI is InChI=1S/C30H40O3/c1-19(2)24-15-14-21(4)12-8-16-30-26(25(24)32-28(30)31)29-17-22(5)11-6-9-20(3)10-7-13-23(18-29)27(30)33-29/h10-12,18,24-27H,1,6-9,13-17H2,2-5H3/b20-10-,21-12+,22-11-/t24-,25+,26-,27+,29-,30-/m0/s1. The second-order valence-corrected chi connectivity index (χ2v) is 11.5. The van der Waals surface area contributed by atoms with Crippen LogP contribution in [0.3, 0.4) is 0 Å². The van der Waals surface area contributed by atoms with Gasteiger partial charge in [-0.25, -0.2) is 0 Å². The first kappa shape index (κ1) is 22.9. The van der Waals surface area contributed by atoms with Gasteiger partial charge >= 0.3 is 5.97 Å². The summed E-state index contributed by atoms with van der Waals surface area (Å²) in [6.45, 7) is 13.2. The van der Waals surface area contributed by atoms with E-state index in [-0.39, 0.29) is 30.0 Å². The molecule has 178 valence electrons. The molecule has 5 bridgehead atoms. The van der Waals surface area contributed by atoms with Crippen LogP contribution in [0.15, 0.2) is 58.7 Å². The van der Waals surface area contributed by atoms with Crippen molar-refractivity contribution >= 4 is 5.97 Å². The van der Waals surface area contributed by atoms with Crippen molar-refractivity contribution in [2.24, 2.45) is 17.3 Å². The third kappa shape index (κ3) is 3.62. The molecule has 0 aromatic heterocycles. The number of hydrogen-bond donors (Lipinski definition) is 0. The van der Waals surface area contributed by atoms with Gasteiger partial charge in [-0.1, -0.05) is 53.2 Å². The van der Waals surface area contributed by atoms with Gasteiger partial charge in [0, 0.05) is 18.3 Å². The molecule has 33 heavy (non-hydrogen) atoms. The molecule has 0 unspecified atom stereocenters. The van der Waals surface area contributed by atoms with Crippen LogP contribution >= 0.6 is 0 Å². The van der Waals surface area contributed by atoms with Crippen LogP contribution in [0.5, 0.6) is 0 Å². The number of ether oxygens (including phenoxy) is 2. The second kappa shape index (κ2) is 8.41. The van der Waals surface area contributed by atoms with E-state index in [1.807, 2.05) is 0 Å². The number of rotatable bonds is 1. The summed E-state index contributed by atoms with van der Waals surface area (Å²) in [7, 11) is 0. The van der Waals surface area contributed by atoms with Gasteiger partial charge in [0.2, 0.25) is 0 Å².